The molecule has 3 nitrogen and oxygen atoms in total. The molecule has 22 heavy (non-hydrogen) atoms. The number of rotatable bonds is 3. The van der Waals surface area contributed by atoms with Crippen LogP contribution in [0.1, 0.15) is 25.0 Å². The molecule has 0 aliphatic rings. The number of nitrogens with zero attached hydrogens (tertiary/aromatic N) is 1. The van der Waals surface area contributed by atoms with Gasteiger partial charge in [-0.3, -0.25) is 0 Å². The molecule has 0 fully saturated rings. The zero-order valence-electron chi connectivity index (χ0n) is 12.9. The van der Waals surface area contributed by atoms with E-state index in [2.05, 4.69) is 0 Å². The third-order valence-corrected chi connectivity index (χ3v) is 3.91. The summed E-state index contributed by atoms with van der Waals surface area (Å²) in [6, 6.07) is 18.0. The maximum atomic E-state index is 10.1. The summed E-state index contributed by atoms with van der Waals surface area (Å²) in [4.78, 5) is 4.74. The standard InChI is InChI=1S/C19H20N2O/c1-19(2,22)15-8-10-17-13(11-15)7-9-18(21-17)16-6-4-3-5-14(16)12-20/h3-11,22H,12,20H2,1-2H3. The molecule has 112 valence electrons. The van der Waals surface area contributed by atoms with Gasteiger partial charge in [0.1, 0.15) is 0 Å². The van der Waals surface area contributed by atoms with Gasteiger partial charge in [0.2, 0.25) is 0 Å². The van der Waals surface area contributed by atoms with Crippen LogP contribution in [0.3, 0.4) is 0 Å². The van der Waals surface area contributed by atoms with Crippen molar-refractivity contribution in [3.8, 4) is 11.3 Å². The lowest BCUT2D eigenvalue weighted by molar-refractivity contribution is 0.0787. The van der Waals surface area contributed by atoms with Crippen molar-refractivity contribution in [2.45, 2.75) is 26.0 Å². The van der Waals surface area contributed by atoms with Crippen molar-refractivity contribution in [2.75, 3.05) is 0 Å². The Morgan fingerprint density at radius 1 is 1.05 bits per heavy atom. The Balaban J connectivity index is 2.11. The fourth-order valence-corrected chi connectivity index (χ4v) is 2.60. The molecule has 1 heterocycles. The molecule has 0 saturated heterocycles. The molecule has 0 aliphatic carbocycles. The van der Waals surface area contributed by atoms with E-state index in [0.717, 1.165) is 33.3 Å². The van der Waals surface area contributed by atoms with Gasteiger partial charge in [-0.1, -0.05) is 36.4 Å². The van der Waals surface area contributed by atoms with E-state index in [0.29, 0.717) is 6.54 Å². The number of benzene rings is 2. The molecule has 0 aliphatic heterocycles. The third kappa shape index (κ3) is 2.73. The van der Waals surface area contributed by atoms with E-state index in [1.807, 2.05) is 54.6 Å². The second-order valence-electron chi connectivity index (χ2n) is 6.02. The number of hydrogen-bond acceptors (Lipinski definition) is 3. The first-order chi connectivity index (χ1) is 10.5. The van der Waals surface area contributed by atoms with Gasteiger partial charge >= 0.3 is 0 Å². The molecule has 0 atom stereocenters. The minimum Gasteiger partial charge on any atom is -0.386 e. The van der Waals surface area contributed by atoms with E-state index < -0.39 is 5.60 Å². The zero-order valence-corrected chi connectivity index (χ0v) is 12.9. The molecule has 3 aromatic rings. The van der Waals surface area contributed by atoms with Gasteiger partial charge in [-0.15, -0.1) is 0 Å². The molecule has 3 rings (SSSR count). The second kappa shape index (κ2) is 5.52. The average Bonchev–Trinajstić information content (AvgIpc) is 2.53. The van der Waals surface area contributed by atoms with Crippen LogP contribution in [0.2, 0.25) is 0 Å². The summed E-state index contributed by atoms with van der Waals surface area (Å²) in [7, 11) is 0. The smallest absolute Gasteiger partial charge is 0.0840 e. The molecule has 1 aromatic heterocycles. The normalized spacial score (nSPS) is 11.8. The molecule has 2 aromatic carbocycles. The Hall–Kier alpha value is -2.23. The lowest BCUT2D eigenvalue weighted by Crippen LogP contribution is -2.15. The quantitative estimate of drug-likeness (QED) is 0.775. The molecule has 3 N–H and O–H groups in total. The van der Waals surface area contributed by atoms with E-state index in [9.17, 15) is 5.11 Å². The Kier molecular flexibility index (Phi) is 3.69. The highest BCUT2D eigenvalue weighted by molar-refractivity contribution is 5.82. The Morgan fingerprint density at radius 2 is 1.82 bits per heavy atom. The molecule has 3 heteroatoms. The number of hydrogen-bond donors (Lipinski definition) is 2. The molecule has 0 spiro atoms. The van der Waals surface area contributed by atoms with Gasteiger partial charge in [0.05, 0.1) is 16.8 Å². The first-order valence-corrected chi connectivity index (χ1v) is 7.41. The van der Waals surface area contributed by atoms with Crippen LogP contribution in [0.25, 0.3) is 22.2 Å². The Morgan fingerprint density at radius 3 is 2.55 bits per heavy atom. The predicted molar refractivity (Wildman–Crippen MR) is 90.3 cm³/mol. The van der Waals surface area contributed by atoms with Crippen molar-refractivity contribution < 1.29 is 5.11 Å². The molecular weight excluding hydrogens is 272 g/mol. The lowest BCUT2D eigenvalue weighted by atomic mass is 9.96. The van der Waals surface area contributed by atoms with E-state index in [4.69, 9.17) is 10.7 Å². The van der Waals surface area contributed by atoms with Gasteiger partial charge in [0.25, 0.3) is 0 Å². The monoisotopic (exact) mass is 292 g/mol. The van der Waals surface area contributed by atoms with Gasteiger partial charge in [0, 0.05) is 17.5 Å². The van der Waals surface area contributed by atoms with Crippen molar-refractivity contribution in [3.05, 3.63) is 65.7 Å². The molecular formula is C19H20N2O. The fraction of sp³-hybridized carbons (Fsp3) is 0.211. The third-order valence-electron chi connectivity index (χ3n) is 3.91. The molecule has 0 amide bonds. The molecule has 0 bridgehead atoms. The Bertz CT molecular complexity index is 819. The molecule has 0 radical (unpaired) electrons. The van der Waals surface area contributed by atoms with Gasteiger partial charge in [-0.2, -0.15) is 0 Å². The van der Waals surface area contributed by atoms with Gasteiger partial charge in [0.15, 0.2) is 0 Å². The van der Waals surface area contributed by atoms with Crippen molar-refractivity contribution in [3.63, 3.8) is 0 Å². The van der Waals surface area contributed by atoms with Crippen LogP contribution in [0.4, 0.5) is 0 Å². The van der Waals surface area contributed by atoms with Crippen molar-refractivity contribution in [1.29, 1.82) is 0 Å². The van der Waals surface area contributed by atoms with Crippen LogP contribution >= 0.6 is 0 Å². The minimum atomic E-state index is -0.848. The Labute approximate surface area is 130 Å². The summed E-state index contributed by atoms with van der Waals surface area (Å²) in [5, 5.41) is 11.1. The molecule has 0 unspecified atom stereocenters. The maximum Gasteiger partial charge on any atom is 0.0840 e. The number of nitrogens with two attached hydrogens (primary N) is 1. The van der Waals surface area contributed by atoms with Crippen molar-refractivity contribution in [2.24, 2.45) is 5.73 Å². The predicted octanol–water partition coefficient (Wildman–Crippen LogP) is 3.59. The van der Waals surface area contributed by atoms with Gasteiger partial charge in [-0.25, -0.2) is 4.98 Å². The average molecular weight is 292 g/mol. The first-order valence-electron chi connectivity index (χ1n) is 7.41. The van der Waals surface area contributed by atoms with E-state index in [1.165, 1.54) is 0 Å². The summed E-state index contributed by atoms with van der Waals surface area (Å²) in [5.74, 6) is 0. The lowest BCUT2D eigenvalue weighted by Gasteiger charge is -2.18. The number of pyridine rings is 1. The number of fused-ring (bicyclic) bond motifs is 1. The van der Waals surface area contributed by atoms with E-state index in [-0.39, 0.29) is 0 Å². The van der Waals surface area contributed by atoms with Gasteiger partial charge in [-0.05, 0) is 43.2 Å². The number of aromatic nitrogens is 1. The van der Waals surface area contributed by atoms with Crippen LogP contribution in [0, 0.1) is 0 Å². The fourth-order valence-electron chi connectivity index (χ4n) is 2.60. The topological polar surface area (TPSA) is 59.1 Å². The van der Waals surface area contributed by atoms with E-state index >= 15 is 0 Å². The highest BCUT2D eigenvalue weighted by Gasteiger charge is 2.16. The zero-order chi connectivity index (χ0) is 15.7. The van der Waals surface area contributed by atoms with Crippen LogP contribution in [0.5, 0.6) is 0 Å². The SMILES string of the molecule is CC(C)(O)c1ccc2nc(-c3ccccc3CN)ccc2c1. The van der Waals surface area contributed by atoms with Crippen molar-refractivity contribution >= 4 is 10.9 Å². The van der Waals surface area contributed by atoms with Crippen LogP contribution < -0.4 is 5.73 Å². The summed E-state index contributed by atoms with van der Waals surface area (Å²) in [6.45, 7) is 4.06. The summed E-state index contributed by atoms with van der Waals surface area (Å²) in [5.41, 5.74) is 9.84. The van der Waals surface area contributed by atoms with Crippen LogP contribution in [-0.4, -0.2) is 10.1 Å². The molecule has 0 saturated carbocycles. The summed E-state index contributed by atoms with van der Waals surface area (Å²) < 4.78 is 0. The summed E-state index contributed by atoms with van der Waals surface area (Å²) >= 11 is 0. The maximum absolute atomic E-state index is 10.1. The highest BCUT2D eigenvalue weighted by atomic mass is 16.3. The number of aliphatic hydroxyl groups is 1. The van der Waals surface area contributed by atoms with Gasteiger partial charge < -0.3 is 10.8 Å². The van der Waals surface area contributed by atoms with E-state index in [1.54, 1.807) is 13.8 Å². The van der Waals surface area contributed by atoms with Crippen molar-refractivity contribution in [1.82, 2.24) is 4.98 Å². The largest absolute Gasteiger partial charge is 0.386 e. The summed E-state index contributed by atoms with van der Waals surface area (Å²) in [6.07, 6.45) is 0. The second-order valence-corrected chi connectivity index (χ2v) is 6.02. The van der Waals surface area contributed by atoms with Crippen LogP contribution in [-0.2, 0) is 12.1 Å². The minimum absolute atomic E-state index is 0.494. The first kappa shape index (κ1) is 14.7. The van der Waals surface area contributed by atoms with Crippen LogP contribution in [0.15, 0.2) is 54.6 Å². The highest BCUT2D eigenvalue weighted by Crippen LogP contribution is 2.27.